The molecular formula is C14H26N2O3. The van der Waals surface area contributed by atoms with Gasteiger partial charge in [-0.25, -0.2) is 0 Å². The molecule has 0 aromatic carbocycles. The minimum absolute atomic E-state index is 0.209. The van der Waals surface area contributed by atoms with Crippen LogP contribution in [0, 0.1) is 0 Å². The molecule has 5 heteroatoms. The minimum Gasteiger partial charge on any atom is -0.368 e. The molecule has 0 aromatic rings. The quantitative estimate of drug-likeness (QED) is 0.542. The highest BCUT2D eigenvalue weighted by atomic mass is 16.5. The molecule has 2 unspecified atom stereocenters. The van der Waals surface area contributed by atoms with Gasteiger partial charge in [0.15, 0.2) is 0 Å². The number of nitrogens with one attached hydrogen (secondary N) is 2. The van der Waals surface area contributed by atoms with Crippen LogP contribution in [0.3, 0.4) is 0 Å². The molecule has 0 rings (SSSR count). The first-order chi connectivity index (χ1) is 8.67. The predicted molar refractivity (Wildman–Crippen MR) is 75.7 cm³/mol. The van der Waals surface area contributed by atoms with Crippen LogP contribution in [-0.4, -0.2) is 36.1 Å². The van der Waals surface area contributed by atoms with E-state index in [-0.39, 0.29) is 17.4 Å². The van der Waals surface area contributed by atoms with E-state index in [0.717, 1.165) is 0 Å². The third kappa shape index (κ3) is 8.37. The third-order valence-electron chi connectivity index (χ3n) is 2.31. The summed E-state index contributed by atoms with van der Waals surface area (Å²) in [5.41, 5.74) is -0.317. The van der Waals surface area contributed by atoms with Crippen molar-refractivity contribution in [2.24, 2.45) is 0 Å². The van der Waals surface area contributed by atoms with Gasteiger partial charge in [-0.05, 0) is 41.0 Å². The Bertz CT molecular complexity index is 321. The molecule has 0 heterocycles. The molecule has 0 aliphatic heterocycles. The van der Waals surface area contributed by atoms with Crippen LogP contribution >= 0.6 is 0 Å². The monoisotopic (exact) mass is 270 g/mol. The zero-order chi connectivity index (χ0) is 15.1. The van der Waals surface area contributed by atoms with Gasteiger partial charge in [0.1, 0.15) is 12.1 Å². The fraction of sp³-hybridized carbons (Fsp3) is 0.714. The molecule has 0 fully saturated rings. The fourth-order valence-corrected chi connectivity index (χ4v) is 1.28. The summed E-state index contributed by atoms with van der Waals surface area (Å²) in [6.07, 6.45) is 1.84. The summed E-state index contributed by atoms with van der Waals surface area (Å²) in [6, 6.07) is -0.586. The van der Waals surface area contributed by atoms with Gasteiger partial charge < -0.3 is 15.4 Å². The Labute approximate surface area is 115 Å². The van der Waals surface area contributed by atoms with Crippen LogP contribution in [0.2, 0.25) is 0 Å². The Kier molecular flexibility index (Phi) is 7.37. The van der Waals surface area contributed by atoms with E-state index >= 15 is 0 Å². The highest BCUT2D eigenvalue weighted by molar-refractivity contribution is 5.89. The van der Waals surface area contributed by atoms with E-state index in [4.69, 9.17) is 4.74 Å². The number of carbonyl (C=O) groups excluding carboxylic acids is 2. The summed E-state index contributed by atoms with van der Waals surface area (Å²) < 4.78 is 5.31. The van der Waals surface area contributed by atoms with Gasteiger partial charge in [-0.3, -0.25) is 9.59 Å². The Hall–Kier alpha value is -1.36. The predicted octanol–water partition coefficient (Wildman–Crippen LogP) is 1.39. The third-order valence-corrected chi connectivity index (χ3v) is 2.31. The van der Waals surface area contributed by atoms with Crippen molar-refractivity contribution in [2.75, 3.05) is 6.61 Å². The van der Waals surface area contributed by atoms with Crippen molar-refractivity contribution in [3.8, 4) is 0 Å². The molecule has 0 radical (unpaired) electrons. The highest BCUT2D eigenvalue weighted by Gasteiger charge is 2.22. The summed E-state index contributed by atoms with van der Waals surface area (Å²) in [7, 11) is 0. The van der Waals surface area contributed by atoms with Crippen LogP contribution in [0.4, 0.5) is 0 Å². The molecule has 110 valence electrons. The van der Waals surface area contributed by atoms with Crippen molar-refractivity contribution in [1.29, 1.82) is 0 Å². The van der Waals surface area contributed by atoms with Crippen LogP contribution in [0.5, 0.6) is 0 Å². The van der Waals surface area contributed by atoms with Gasteiger partial charge >= 0.3 is 0 Å². The SMILES string of the molecule is C=CCCOC(C)C(=O)NC(C)C(=O)NC(C)(C)C. The van der Waals surface area contributed by atoms with E-state index in [1.807, 2.05) is 20.8 Å². The van der Waals surface area contributed by atoms with Gasteiger partial charge in [0.05, 0.1) is 6.61 Å². The molecule has 2 amide bonds. The van der Waals surface area contributed by atoms with Crippen LogP contribution in [0.1, 0.15) is 41.0 Å². The summed E-state index contributed by atoms with van der Waals surface area (Å²) in [5, 5.41) is 5.43. The van der Waals surface area contributed by atoms with Gasteiger partial charge in [0.25, 0.3) is 0 Å². The number of rotatable bonds is 7. The number of hydrogen-bond donors (Lipinski definition) is 2. The lowest BCUT2D eigenvalue weighted by Gasteiger charge is -2.24. The first-order valence-electron chi connectivity index (χ1n) is 6.52. The van der Waals surface area contributed by atoms with Crippen LogP contribution in [0.15, 0.2) is 12.7 Å². The van der Waals surface area contributed by atoms with Crippen molar-refractivity contribution < 1.29 is 14.3 Å². The molecule has 0 spiro atoms. The standard InChI is InChI=1S/C14H26N2O3/c1-7-8-9-19-11(3)13(18)15-10(2)12(17)16-14(4,5)6/h7,10-11H,1,8-9H2,2-6H3,(H,15,18)(H,16,17). The van der Waals surface area contributed by atoms with Gasteiger partial charge in [-0.15, -0.1) is 6.58 Å². The van der Waals surface area contributed by atoms with Crippen molar-refractivity contribution >= 4 is 11.8 Å². The van der Waals surface area contributed by atoms with E-state index < -0.39 is 12.1 Å². The molecule has 5 nitrogen and oxygen atoms in total. The first kappa shape index (κ1) is 17.6. The zero-order valence-electron chi connectivity index (χ0n) is 12.6. The Morgan fingerprint density at radius 3 is 2.32 bits per heavy atom. The molecule has 0 saturated carbocycles. The minimum atomic E-state index is -0.586. The largest absolute Gasteiger partial charge is 0.368 e. The lowest BCUT2D eigenvalue weighted by Crippen LogP contribution is -2.52. The van der Waals surface area contributed by atoms with Crippen LogP contribution in [0.25, 0.3) is 0 Å². The summed E-state index contributed by atoms with van der Waals surface area (Å²) in [5.74, 6) is -0.500. The molecule has 0 saturated heterocycles. The maximum Gasteiger partial charge on any atom is 0.249 e. The van der Waals surface area contributed by atoms with Crippen LogP contribution in [-0.2, 0) is 14.3 Å². The Balaban J connectivity index is 4.17. The second-order valence-corrected chi connectivity index (χ2v) is 5.56. The first-order valence-corrected chi connectivity index (χ1v) is 6.52. The molecule has 2 N–H and O–H groups in total. The molecule has 0 aromatic heterocycles. The number of amides is 2. The average molecular weight is 270 g/mol. The number of carbonyl (C=O) groups is 2. The molecule has 0 aliphatic rings. The van der Waals surface area contributed by atoms with Crippen LogP contribution < -0.4 is 10.6 Å². The van der Waals surface area contributed by atoms with Gasteiger partial charge in [-0.2, -0.15) is 0 Å². The molecule has 0 aliphatic carbocycles. The molecule has 19 heavy (non-hydrogen) atoms. The number of ether oxygens (including phenoxy) is 1. The second-order valence-electron chi connectivity index (χ2n) is 5.56. The van der Waals surface area contributed by atoms with Crippen molar-refractivity contribution in [3.05, 3.63) is 12.7 Å². The maximum atomic E-state index is 11.8. The normalized spacial score (nSPS) is 14.4. The Morgan fingerprint density at radius 2 is 1.84 bits per heavy atom. The maximum absolute atomic E-state index is 11.8. The Morgan fingerprint density at radius 1 is 1.26 bits per heavy atom. The van der Waals surface area contributed by atoms with Crippen molar-refractivity contribution in [1.82, 2.24) is 10.6 Å². The van der Waals surface area contributed by atoms with Gasteiger partial charge in [0.2, 0.25) is 11.8 Å². The summed E-state index contributed by atoms with van der Waals surface area (Å²) in [6.45, 7) is 13.0. The lowest BCUT2D eigenvalue weighted by molar-refractivity contribution is -0.135. The second kappa shape index (κ2) is 7.94. The zero-order valence-corrected chi connectivity index (χ0v) is 12.6. The van der Waals surface area contributed by atoms with E-state index in [9.17, 15) is 9.59 Å². The molecule has 0 bridgehead atoms. The number of hydrogen-bond acceptors (Lipinski definition) is 3. The summed E-state index contributed by atoms with van der Waals surface area (Å²) in [4.78, 5) is 23.6. The smallest absolute Gasteiger partial charge is 0.249 e. The van der Waals surface area contributed by atoms with Gasteiger partial charge in [0, 0.05) is 5.54 Å². The molecular weight excluding hydrogens is 244 g/mol. The van der Waals surface area contributed by atoms with E-state index in [1.165, 1.54) is 0 Å². The highest BCUT2D eigenvalue weighted by Crippen LogP contribution is 2.00. The average Bonchev–Trinajstić information content (AvgIpc) is 2.26. The molecule has 2 atom stereocenters. The van der Waals surface area contributed by atoms with E-state index in [1.54, 1.807) is 19.9 Å². The lowest BCUT2D eigenvalue weighted by atomic mass is 10.1. The van der Waals surface area contributed by atoms with E-state index in [0.29, 0.717) is 13.0 Å². The van der Waals surface area contributed by atoms with Gasteiger partial charge in [-0.1, -0.05) is 6.08 Å². The topological polar surface area (TPSA) is 67.4 Å². The fourth-order valence-electron chi connectivity index (χ4n) is 1.28. The van der Waals surface area contributed by atoms with E-state index in [2.05, 4.69) is 17.2 Å². The summed E-state index contributed by atoms with van der Waals surface area (Å²) >= 11 is 0. The van der Waals surface area contributed by atoms with Crippen molar-refractivity contribution in [3.63, 3.8) is 0 Å². The van der Waals surface area contributed by atoms with Crippen molar-refractivity contribution in [2.45, 2.75) is 58.7 Å².